The summed E-state index contributed by atoms with van der Waals surface area (Å²) in [6.07, 6.45) is 11.3. The van der Waals surface area contributed by atoms with Gasteiger partial charge in [0.1, 0.15) is 0 Å². The first-order chi connectivity index (χ1) is 9.74. The number of hydrogen-bond donors (Lipinski definition) is 0. The van der Waals surface area contributed by atoms with Gasteiger partial charge in [-0.15, -0.1) is 0 Å². The van der Waals surface area contributed by atoms with Crippen molar-refractivity contribution in [2.24, 2.45) is 5.92 Å². The molecular weight excluding hydrogens is 258 g/mol. The molecular formula is C17H20F2O. The van der Waals surface area contributed by atoms with Gasteiger partial charge in [-0.2, -0.15) is 4.39 Å². The maximum Gasteiger partial charge on any atom is 0.200 e. The molecule has 2 fully saturated rings. The van der Waals surface area contributed by atoms with Crippen LogP contribution >= 0.6 is 0 Å². The Morgan fingerprint density at radius 2 is 1.80 bits per heavy atom. The third-order valence-electron chi connectivity index (χ3n) is 4.37. The summed E-state index contributed by atoms with van der Waals surface area (Å²) in [6, 6.07) is 3.20. The summed E-state index contributed by atoms with van der Waals surface area (Å²) < 4.78 is 33.3. The summed E-state index contributed by atoms with van der Waals surface area (Å²) in [7, 11) is 0. The second kappa shape index (κ2) is 5.94. The predicted octanol–water partition coefficient (Wildman–Crippen LogP) is 4.79. The molecule has 0 bridgehead atoms. The molecule has 0 atom stereocenters. The second-order valence-corrected chi connectivity index (χ2v) is 5.84. The normalized spacial score (nSPS) is 19.9. The molecule has 2 aliphatic carbocycles. The van der Waals surface area contributed by atoms with Gasteiger partial charge in [0.05, 0.1) is 6.10 Å². The zero-order chi connectivity index (χ0) is 13.9. The molecule has 1 aromatic carbocycles. The van der Waals surface area contributed by atoms with Gasteiger partial charge in [-0.3, -0.25) is 0 Å². The third-order valence-corrected chi connectivity index (χ3v) is 4.37. The van der Waals surface area contributed by atoms with Crippen LogP contribution in [0, 0.1) is 17.6 Å². The van der Waals surface area contributed by atoms with Crippen LogP contribution in [0.3, 0.4) is 0 Å². The highest BCUT2D eigenvalue weighted by molar-refractivity contribution is 5.32. The van der Waals surface area contributed by atoms with E-state index in [1.165, 1.54) is 19.3 Å². The Kier molecular flexibility index (Phi) is 4.04. The Morgan fingerprint density at radius 3 is 2.40 bits per heavy atom. The number of allylic oxidation sites excluding steroid dienone is 2. The maximum absolute atomic E-state index is 14.0. The molecule has 0 N–H and O–H groups in total. The number of ether oxygens (including phenoxy) is 1. The second-order valence-electron chi connectivity index (χ2n) is 5.84. The highest BCUT2D eigenvalue weighted by Crippen LogP contribution is 2.30. The Labute approximate surface area is 118 Å². The van der Waals surface area contributed by atoms with Crippen molar-refractivity contribution in [3.8, 4) is 5.75 Å². The van der Waals surface area contributed by atoms with Crippen molar-refractivity contribution in [2.45, 2.75) is 51.0 Å². The fourth-order valence-corrected chi connectivity index (χ4v) is 2.51. The van der Waals surface area contributed by atoms with Crippen molar-refractivity contribution < 1.29 is 13.5 Å². The first-order valence-corrected chi connectivity index (χ1v) is 7.54. The fraction of sp³-hybridized carbons (Fsp3) is 0.529. The van der Waals surface area contributed by atoms with Crippen LogP contribution in [0.25, 0.3) is 0 Å². The van der Waals surface area contributed by atoms with Crippen molar-refractivity contribution in [1.82, 2.24) is 0 Å². The highest BCUT2D eigenvalue weighted by Gasteiger charge is 2.22. The Bertz CT molecular complexity index is 502. The SMILES string of the molecule is Fc1c(C/C=C/C2CCC2)ccc(OC2CCC2)c1F. The van der Waals surface area contributed by atoms with Gasteiger partial charge in [0.25, 0.3) is 0 Å². The van der Waals surface area contributed by atoms with E-state index in [4.69, 9.17) is 4.74 Å². The molecule has 3 rings (SSSR count). The molecule has 1 aromatic rings. The molecule has 0 saturated heterocycles. The molecule has 0 radical (unpaired) electrons. The lowest BCUT2D eigenvalue weighted by molar-refractivity contribution is 0.114. The molecule has 3 heteroatoms. The molecule has 0 amide bonds. The zero-order valence-corrected chi connectivity index (χ0v) is 11.6. The summed E-state index contributed by atoms with van der Waals surface area (Å²) in [5.41, 5.74) is 0.402. The van der Waals surface area contributed by atoms with Gasteiger partial charge in [-0.05, 0) is 56.1 Å². The van der Waals surface area contributed by atoms with E-state index in [-0.39, 0.29) is 11.9 Å². The van der Waals surface area contributed by atoms with E-state index in [2.05, 4.69) is 6.08 Å². The standard InChI is InChI=1S/C17H20F2O/c18-16-13(7-2-6-12-4-1-5-12)10-11-15(17(16)19)20-14-8-3-9-14/h2,6,10-12,14H,1,3-5,7-9H2/b6-2+. The smallest absolute Gasteiger partial charge is 0.200 e. The zero-order valence-electron chi connectivity index (χ0n) is 11.6. The predicted molar refractivity (Wildman–Crippen MR) is 74.8 cm³/mol. The molecule has 0 unspecified atom stereocenters. The Hall–Kier alpha value is -1.38. The molecule has 108 valence electrons. The number of rotatable bonds is 5. The van der Waals surface area contributed by atoms with Gasteiger partial charge in [-0.25, -0.2) is 4.39 Å². The minimum Gasteiger partial charge on any atom is -0.487 e. The van der Waals surface area contributed by atoms with Crippen LogP contribution in [-0.2, 0) is 6.42 Å². The van der Waals surface area contributed by atoms with E-state index in [9.17, 15) is 8.78 Å². The van der Waals surface area contributed by atoms with E-state index >= 15 is 0 Å². The molecule has 0 heterocycles. The lowest BCUT2D eigenvalue weighted by Crippen LogP contribution is -2.25. The quantitative estimate of drug-likeness (QED) is 0.703. The van der Waals surface area contributed by atoms with Crippen molar-refractivity contribution >= 4 is 0 Å². The lowest BCUT2D eigenvalue weighted by atomic mass is 9.85. The first-order valence-electron chi connectivity index (χ1n) is 7.54. The van der Waals surface area contributed by atoms with E-state index < -0.39 is 11.6 Å². The molecule has 0 spiro atoms. The molecule has 20 heavy (non-hydrogen) atoms. The van der Waals surface area contributed by atoms with Crippen molar-refractivity contribution in [2.75, 3.05) is 0 Å². The number of hydrogen-bond acceptors (Lipinski definition) is 1. The van der Waals surface area contributed by atoms with Crippen LogP contribution in [0.4, 0.5) is 8.78 Å². The minimum atomic E-state index is -0.841. The highest BCUT2D eigenvalue weighted by atomic mass is 19.2. The van der Waals surface area contributed by atoms with E-state index in [0.717, 1.165) is 19.3 Å². The molecule has 0 aliphatic heterocycles. The summed E-state index contributed by atoms with van der Waals surface area (Å²) in [4.78, 5) is 0. The average Bonchev–Trinajstić information content (AvgIpc) is 2.34. The van der Waals surface area contributed by atoms with Gasteiger partial charge in [0, 0.05) is 0 Å². The van der Waals surface area contributed by atoms with E-state index in [1.54, 1.807) is 12.1 Å². The molecule has 2 aliphatic rings. The third kappa shape index (κ3) is 2.87. The summed E-state index contributed by atoms with van der Waals surface area (Å²) in [6.45, 7) is 0. The van der Waals surface area contributed by atoms with Crippen LogP contribution in [0.5, 0.6) is 5.75 Å². The van der Waals surface area contributed by atoms with Crippen LogP contribution < -0.4 is 4.74 Å². The topological polar surface area (TPSA) is 9.23 Å². The van der Waals surface area contributed by atoms with Gasteiger partial charge >= 0.3 is 0 Å². The van der Waals surface area contributed by atoms with Crippen LogP contribution in [-0.4, -0.2) is 6.10 Å². The fourth-order valence-electron chi connectivity index (χ4n) is 2.51. The summed E-state index contributed by atoms with van der Waals surface area (Å²) >= 11 is 0. The summed E-state index contributed by atoms with van der Waals surface area (Å²) in [5.74, 6) is -0.908. The van der Waals surface area contributed by atoms with Gasteiger partial charge < -0.3 is 4.74 Å². The van der Waals surface area contributed by atoms with Gasteiger partial charge in [0.2, 0.25) is 5.82 Å². The molecule has 0 aromatic heterocycles. The molecule has 2 saturated carbocycles. The Morgan fingerprint density at radius 1 is 1.05 bits per heavy atom. The largest absolute Gasteiger partial charge is 0.487 e. The van der Waals surface area contributed by atoms with Gasteiger partial charge in [0.15, 0.2) is 11.6 Å². The van der Waals surface area contributed by atoms with Crippen molar-refractivity contribution in [3.05, 3.63) is 41.5 Å². The summed E-state index contributed by atoms with van der Waals surface area (Å²) in [5, 5.41) is 0. The van der Waals surface area contributed by atoms with Crippen molar-refractivity contribution in [1.29, 1.82) is 0 Å². The van der Waals surface area contributed by atoms with Gasteiger partial charge in [-0.1, -0.05) is 24.6 Å². The number of halogens is 2. The van der Waals surface area contributed by atoms with Crippen LogP contribution in [0.1, 0.15) is 44.1 Å². The van der Waals surface area contributed by atoms with Crippen LogP contribution in [0.15, 0.2) is 24.3 Å². The monoisotopic (exact) mass is 278 g/mol. The Balaban J connectivity index is 1.65. The van der Waals surface area contributed by atoms with E-state index in [0.29, 0.717) is 17.9 Å². The van der Waals surface area contributed by atoms with E-state index in [1.807, 2.05) is 6.08 Å². The van der Waals surface area contributed by atoms with Crippen molar-refractivity contribution in [3.63, 3.8) is 0 Å². The average molecular weight is 278 g/mol. The van der Waals surface area contributed by atoms with Crippen LogP contribution in [0.2, 0.25) is 0 Å². The maximum atomic E-state index is 14.0. The number of benzene rings is 1. The lowest BCUT2D eigenvalue weighted by Gasteiger charge is -2.26. The first kappa shape index (κ1) is 13.6. The molecule has 1 nitrogen and oxygen atoms in total. The minimum absolute atomic E-state index is 0.0546.